The van der Waals surface area contributed by atoms with Gasteiger partial charge in [0.25, 0.3) is 0 Å². The molecule has 1 aromatic rings. The van der Waals surface area contributed by atoms with Crippen LogP contribution in [0.4, 0.5) is 10.5 Å². The van der Waals surface area contributed by atoms with Crippen LogP contribution >= 0.6 is 15.9 Å². The molecule has 0 spiro atoms. The Morgan fingerprint density at radius 1 is 1.21 bits per heavy atom. The van der Waals surface area contributed by atoms with Crippen LogP contribution in [0, 0.1) is 0 Å². The van der Waals surface area contributed by atoms with Crippen molar-refractivity contribution in [2.45, 2.75) is 18.9 Å². The van der Waals surface area contributed by atoms with E-state index < -0.39 is 5.97 Å². The number of hydrogen-bond acceptors (Lipinski definition) is 2. The summed E-state index contributed by atoms with van der Waals surface area (Å²) >= 11 is 3.21. The molecule has 0 aromatic heterocycles. The maximum absolute atomic E-state index is 11.7. The third-order valence-corrected chi connectivity index (χ3v) is 3.20. The molecule has 2 amide bonds. The predicted molar refractivity (Wildman–Crippen MR) is 75.4 cm³/mol. The van der Waals surface area contributed by atoms with Gasteiger partial charge in [-0.05, 0) is 31.0 Å². The number of amides is 2. The van der Waals surface area contributed by atoms with Crippen LogP contribution in [-0.4, -0.2) is 23.1 Å². The molecule has 2 rings (SSSR count). The minimum atomic E-state index is -1.04. The van der Waals surface area contributed by atoms with Crippen molar-refractivity contribution in [3.8, 4) is 0 Å². The SMILES string of the molecule is O=C(Nc1cc(Br)cc(C(=O)O)c1)NC1CC=CC1. The Hall–Kier alpha value is -1.82. The van der Waals surface area contributed by atoms with Gasteiger partial charge in [0.15, 0.2) is 0 Å². The second-order valence-electron chi connectivity index (χ2n) is 4.27. The number of nitrogens with one attached hydrogen (secondary N) is 2. The summed E-state index contributed by atoms with van der Waals surface area (Å²) in [5.74, 6) is -1.04. The lowest BCUT2D eigenvalue weighted by Gasteiger charge is -2.13. The molecular formula is C13H13BrN2O3. The fraction of sp³-hybridized carbons (Fsp3) is 0.231. The van der Waals surface area contributed by atoms with E-state index in [4.69, 9.17) is 5.11 Å². The number of carbonyl (C=O) groups is 2. The Bertz CT molecular complexity index is 535. The summed E-state index contributed by atoms with van der Waals surface area (Å²) in [4.78, 5) is 22.7. The highest BCUT2D eigenvalue weighted by Gasteiger charge is 2.14. The fourth-order valence-corrected chi connectivity index (χ4v) is 2.37. The predicted octanol–water partition coefficient (Wildman–Crippen LogP) is 2.99. The van der Waals surface area contributed by atoms with Crippen LogP contribution in [0.25, 0.3) is 0 Å². The van der Waals surface area contributed by atoms with Gasteiger partial charge in [0.2, 0.25) is 0 Å². The number of rotatable bonds is 3. The molecule has 100 valence electrons. The van der Waals surface area contributed by atoms with Crippen molar-refractivity contribution < 1.29 is 14.7 Å². The summed E-state index contributed by atoms with van der Waals surface area (Å²) in [6.45, 7) is 0. The highest BCUT2D eigenvalue weighted by Crippen LogP contribution is 2.20. The number of anilines is 1. The van der Waals surface area contributed by atoms with Crippen LogP contribution in [0.15, 0.2) is 34.8 Å². The van der Waals surface area contributed by atoms with Gasteiger partial charge in [0, 0.05) is 16.2 Å². The Labute approximate surface area is 118 Å². The molecule has 0 heterocycles. The van der Waals surface area contributed by atoms with Crippen molar-refractivity contribution in [1.82, 2.24) is 5.32 Å². The van der Waals surface area contributed by atoms with Crippen molar-refractivity contribution in [2.24, 2.45) is 0 Å². The molecule has 0 saturated carbocycles. The van der Waals surface area contributed by atoms with E-state index in [1.54, 1.807) is 6.07 Å². The van der Waals surface area contributed by atoms with Gasteiger partial charge >= 0.3 is 12.0 Å². The molecule has 5 nitrogen and oxygen atoms in total. The number of benzene rings is 1. The van der Waals surface area contributed by atoms with Gasteiger partial charge in [-0.2, -0.15) is 0 Å². The third-order valence-electron chi connectivity index (χ3n) is 2.75. The van der Waals surface area contributed by atoms with Crippen LogP contribution in [0.1, 0.15) is 23.2 Å². The Morgan fingerprint density at radius 3 is 2.53 bits per heavy atom. The minimum Gasteiger partial charge on any atom is -0.478 e. The molecule has 1 aliphatic rings. The van der Waals surface area contributed by atoms with Gasteiger partial charge in [-0.1, -0.05) is 28.1 Å². The lowest BCUT2D eigenvalue weighted by molar-refractivity contribution is 0.0697. The van der Waals surface area contributed by atoms with E-state index in [9.17, 15) is 9.59 Å². The van der Waals surface area contributed by atoms with E-state index in [-0.39, 0.29) is 17.6 Å². The average Bonchev–Trinajstić information content (AvgIpc) is 2.80. The van der Waals surface area contributed by atoms with E-state index in [1.165, 1.54) is 12.1 Å². The van der Waals surface area contributed by atoms with Gasteiger partial charge in [0.1, 0.15) is 0 Å². The number of carboxylic acids is 1. The molecule has 0 saturated heterocycles. The molecule has 0 atom stereocenters. The Morgan fingerprint density at radius 2 is 1.89 bits per heavy atom. The van der Waals surface area contributed by atoms with Gasteiger partial charge in [-0.25, -0.2) is 9.59 Å². The maximum atomic E-state index is 11.7. The molecule has 1 aliphatic carbocycles. The topological polar surface area (TPSA) is 78.4 Å². The van der Waals surface area contributed by atoms with Crippen molar-refractivity contribution in [1.29, 1.82) is 0 Å². The molecule has 6 heteroatoms. The van der Waals surface area contributed by atoms with Crippen molar-refractivity contribution in [3.63, 3.8) is 0 Å². The largest absolute Gasteiger partial charge is 0.478 e. The standard InChI is InChI=1S/C13H13BrN2O3/c14-9-5-8(12(17)18)6-11(7-9)16-13(19)15-10-3-1-2-4-10/h1-2,5-7,10H,3-4H2,(H,17,18)(H2,15,16,19). The van der Waals surface area contributed by atoms with Crippen LogP contribution in [0.5, 0.6) is 0 Å². The van der Waals surface area contributed by atoms with E-state index in [1.807, 2.05) is 12.2 Å². The van der Waals surface area contributed by atoms with Crippen molar-refractivity contribution in [3.05, 3.63) is 40.4 Å². The molecule has 3 N–H and O–H groups in total. The Kier molecular flexibility index (Phi) is 4.21. The minimum absolute atomic E-state index is 0.117. The van der Waals surface area contributed by atoms with Gasteiger partial charge in [-0.3, -0.25) is 0 Å². The molecule has 0 aliphatic heterocycles. The maximum Gasteiger partial charge on any atom is 0.335 e. The zero-order valence-electron chi connectivity index (χ0n) is 10.0. The lowest BCUT2D eigenvalue weighted by Crippen LogP contribution is -2.36. The summed E-state index contributed by atoms with van der Waals surface area (Å²) < 4.78 is 0.602. The fourth-order valence-electron chi connectivity index (χ4n) is 1.87. The number of halogens is 1. The Balaban J connectivity index is 2.01. The third kappa shape index (κ3) is 3.82. The molecule has 0 fully saturated rings. The first-order valence-electron chi connectivity index (χ1n) is 5.81. The van der Waals surface area contributed by atoms with Crippen LogP contribution < -0.4 is 10.6 Å². The first-order chi connectivity index (χ1) is 9.04. The molecule has 1 aromatic carbocycles. The van der Waals surface area contributed by atoms with E-state index in [0.29, 0.717) is 10.2 Å². The van der Waals surface area contributed by atoms with Crippen LogP contribution in [0.3, 0.4) is 0 Å². The summed E-state index contributed by atoms with van der Waals surface area (Å²) in [5.41, 5.74) is 0.558. The zero-order chi connectivity index (χ0) is 13.8. The quantitative estimate of drug-likeness (QED) is 0.748. The van der Waals surface area contributed by atoms with Crippen LogP contribution in [0.2, 0.25) is 0 Å². The molecule has 19 heavy (non-hydrogen) atoms. The summed E-state index contributed by atoms with van der Waals surface area (Å²) in [6, 6.07) is 4.33. The zero-order valence-corrected chi connectivity index (χ0v) is 11.6. The highest BCUT2D eigenvalue weighted by molar-refractivity contribution is 9.10. The lowest BCUT2D eigenvalue weighted by atomic mass is 10.2. The van der Waals surface area contributed by atoms with E-state index in [2.05, 4.69) is 26.6 Å². The first kappa shape index (κ1) is 13.6. The molecular weight excluding hydrogens is 312 g/mol. The summed E-state index contributed by atoms with van der Waals surface area (Å²) in [5, 5.41) is 14.4. The second-order valence-corrected chi connectivity index (χ2v) is 5.19. The molecule has 0 bridgehead atoms. The molecule has 0 radical (unpaired) electrons. The van der Waals surface area contributed by atoms with Crippen LogP contribution in [-0.2, 0) is 0 Å². The van der Waals surface area contributed by atoms with E-state index >= 15 is 0 Å². The number of hydrogen-bond donors (Lipinski definition) is 3. The highest BCUT2D eigenvalue weighted by atomic mass is 79.9. The van der Waals surface area contributed by atoms with Crippen molar-refractivity contribution in [2.75, 3.05) is 5.32 Å². The van der Waals surface area contributed by atoms with Gasteiger partial charge in [0.05, 0.1) is 5.56 Å². The normalized spacial score (nSPS) is 14.4. The number of carbonyl (C=O) groups excluding carboxylic acids is 1. The second kappa shape index (κ2) is 5.88. The monoisotopic (exact) mass is 324 g/mol. The van der Waals surface area contributed by atoms with Gasteiger partial charge < -0.3 is 15.7 Å². The van der Waals surface area contributed by atoms with E-state index in [0.717, 1.165) is 12.8 Å². The average molecular weight is 325 g/mol. The van der Waals surface area contributed by atoms with Gasteiger partial charge in [-0.15, -0.1) is 0 Å². The smallest absolute Gasteiger partial charge is 0.335 e. The summed E-state index contributed by atoms with van der Waals surface area (Å²) in [7, 11) is 0. The number of carboxylic acid groups (broad SMARTS) is 1. The summed E-state index contributed by atoms with van der Waals surface area (Å²) in [6.07, 6.45) is 5.69. The van der Waals surface area contributed by atoms with Crippen molar-refractivity contribution >= 4 is 33.6 Å². The number of urea groups is 1. The number of aromatic carboxylic acids is 1. The molecule has 0 unspecified atom stereocenters. The first-order valence-corrected chi connectivity index (χ1v) is 6.60.